The Balaban J connectivity index is 2.12. The Kier molecular flexibility index (Phi) is 4.21. The van der Waals surface area contributed by atoms with Crippen LogP contribution in [0.5, 0.6) is 0 Å². The van der Waals surface area contributed by atoms with Gasteiger partial charge < -0.3 is 10.8 Å². The molecule has 5 heteroatoms. The first kappa shape index (κ1) is 12.3. The van der Waals surface area contributed by atoms with Gasteiger partial charge in [-0.3, -0.25) is 4.90 Å². The second-order valence-corrected chi connectivity index (χ2v) is 5.83. The number of hydrogen-bond donors (Lipinski definition) is 2. The van der Waals surface area contributed by atoms with Crippen molar-refractivity contribution in [1.29, 1.82) is 0 Å². The van der Waals surface area contributed by atoms with Crippen LogP contribution in [0.4, 0.5) is 0 Å². The molecule has 3 nitrogen and oxygen atoms in total. The Morgan fingerprint density at radius 1 is 1.56 bits per heavy atom. The van der Waals surface area contributed by atoms with E-state index in [1.54, 1.807) is 11.3 Å². The second-order valence-electron chi connectivity index (χ2n) is 4.09. The average Bonchev–Trinajstić information content (AvgIpc) is 3.02. The number of aliphatic hydroxyl groups is 1. The minimum Gasteiger partial charge on any atom is -0.395 e. The number of hydrogen-bond acceptors (Lipinski definition) is 4. The molecule has 0 bridgehead atoms. The van der Waals surface area contributed by atoms with Crippen molar-refractivity contribution in [3.05, 3.63) is 21.3 Å². The number of rotatable bonds is 6. The maximum Gasteiger partial charge on any atom is 0.0931 e. The lowest BCUT2D eigenvalue weighted by molar-refractivity contribution is 0.147. The number of halogens is 1. The summed E-state index contributed by atoms with van der Waals surface area (Å²) in [4.78, 5) is 3.51. The van der Waals surface area contributed by atoms with Crippen LogP contribution in [0.2, 0.25) is 4.34 Å². The third-order valence-electron chi connectivity index (χ3n) is 2.92. The molecule has 0 radical (unpaired) electrons. The molecule has 1 aliphatic carbocycles. The smallest absolute Gasteiger partial charge is 0.0931 e. The van der Waals surface area contributed by atoms with Gasteiger partial charge in [-0.25, -0.2) is 0 Å². The number of nitrogens with zero attached hydrogens (tertiary/aromatic N) is 1. The predicted molar refractivity (Wildman–Crippen MR) is 67.9 cm³/mol. The second kappa shape index (κ2) is 5.47. The van der Waals surface area contributed by atoms with Crippen molar-refractivity contribution in [3.8, 4) is 0 Å². The first-order valence-corrected chi connectivity index (χ1v) is 6.77. The molecule has 3 N–H and O–H groups in total. The number of thiophene rings is 1. The zero-order valence-corrected chi connectivity index (χ0v) is 10.7. The summed E-state index contributed by atoms with van der Waals surface area (Å²) in [5, 5.41) is 9.10. The minimum absolute atomic E-state index is 0.187. The Hall–Kier alpha value is -0.130. The van der Waals surface area contributed by atoms with E-state index >= 15 is 0 Å². The van der Waals surface area contributed by atoms with Crippen molar-refractivity contribution >= 4 is 22.9 Å². The molecule has 1 aromatic heterocycles. The highest BCUT2D eigenvalue weighted by atomic mass is 35.5. The molecule has 0 aliphatic heterocycles. The topological polar surface area (TPSA) is 49.5 Å². The molecule has 0 amide bonds. The van der Waals surface area contributed by atoms with Gasteiger partial charge in [0.05, 0.1) is 17.0 Å². The summed E-state index contributed by atoms with van der Waals surface area (Å²) in [7, 11) is 0. The molecule has 1 unspecified atom stereocenters. The van der Waals surface area contributed by atoms with Crippen LogP contribution in [0.1, 0.15) is 23.8 Å². The highest BCUT2D eigenvalue weighted by Crippen LogP contribution is 2.36. The lowest BCUT2D eigenvalue weighted by Gasteiger charge is -2.29. The van der Waals surface area contributed by atoms with Crippen LogP contribution in [0.25, 0.3) is 0 Å². The average molecular weight is 261 g/mol. The predicted octanol–water partition coefficient (Wildman–Crippen LogP) is 1.86. The molecule has 16 heavy (non-hydrogen) atoms. The van der Waals surface area contributed by atoms with E-state index in [2.05, 4.69) is 4.90 Å². The Bertz CT molecular complexity index is 340. The van der Waals surface area contributed by atoms with E-state index in [1.807, 2.05) is 12.1 Å². The fourth-order valence-electron chi connectivity index (χ4n) is 2.04. The van der Waals surface area contributed by atoms with Crippen LogP contribution < -0.4 is 5.73 Å². The Morgan fingerprint density at radius 2 is 2.31 bits per heavy atom. The lowest BCUT2D eigenvalue weighted by Crippen LogP contribution is -2.37. The van der Waals surface area contributed by atoms with E-state index in [-0.39, 0.29) is 12.6 Å². The molecule has 1 aliphatic rings. The summed E-state index contributed by atoms with van der Waals surface area (Å²) in [5.41, 5.74) is 5.85. The Labute approximate surface area is 105 Å². The fourth-order valence-corrected chi connectivity index (χ4v) is 3.23. The van der Waals surface area contributed by atoms with Crippen molar-refractivity contribution in [1.82, 2.24) is 4.90 Å². The maximum atomic E-state index is 9.10. The van der Waals surface area contributed by atoms with Gasteiger partial charge in [-0.2, -0.15) is 0 Å². The normalized spacial score (nSPS) is 18.0. The number of nitrogens with two attached hydrogens (primary N) is 1. The quantitative estimate of drug-likeness (QED) is 0.821. The Morgan fingerprint density at radius 3 is 2.75 bits per heavy atom. The van der Waals surface area contributed by atoms with Crippen LogP contribution in [-0.2, 0) is 0 Å². The van der Waals surface area contributed by atoms with Crippen molar-refractivity contribution in [2.75, 3.05) is 19.7 Å². The first-order chi connectivity index (χ1) is 7.76. The monoisotopic (exact) mass is 260 g/mol. The van der Waals surface area contributed by atoms with Crippen molar-refractivity contribution in [2.24, 2.45) is 5.73 Å². The van der Waals surface area contributed by atoms with Crippen molar-refractivity contribution in [3.63, 3.8) is 0 Å². The highest BCUT2D eigenvalue weighted by Gasteiger charge is 2.34. The summed E-state index contributed by atoms with van der Waals surface area (Å²) in [6.07, 6.45) is 2.44. The van der Waals surface area contributed by atoms with Crippen molar-refractivity contribution in [2.45, 2.75) is 24.9 Å². The van der Waals surface area contributed by atoms with Crippen LogP contribution in [0.3, 0.4) is 0 Å². The molecule has 1 atom stereocenters. The van der Waals surface area contributed by atoms with Gasteiger partial charge in [-0.05, 0) is 25.0 Å². The van der Waals surface area contributed by atoms with E-state index < -0.39 is 0 Å². The molecule has 0 spiro atoms. The van der Waals surface area contributed by atoms with Gasteiger partial charge in [0.1, 0.15) is 0 Å². The molecule has 1 fully saturated rings. The first-order valence-electron chi connectivity index (χ1n) is 5.58. The van der Waals surface area contributed by atoms with E-state index in [1.165, 1.54) is 17.7 Å². The van der Waals surface area contributed by atoms with E-state index in [9.17, 15) is 0 Å². The summed E-state index contributed by atoms with van der Waals surface area (Å²) in [6, 6.07) is 4.75. The van der Waals surface area contributed by atoms with Gasteiger partial charge in [0.15, 0.2) is 0 Å². The largest absolute Gasteiger partial charge is 0.395 e. The van der Waals surface area contributed by atoms with Gasteiger partial charge in [-0.1, -0.05) is 11.6 Å². The maximum absolute atomic E-state index is 9.10. The van der Waals surface area contributed by atoms with E-state index in [0.29, 0.717) is 19.1 Å². The van der Waals surface area contributed by atoms with Gasteiger partial charge in [0.25, 0.3) is 0 Å². The van der Waals surface area contributed by atoms with Crippen LogP contribution >= 0.6 is 22.9 Å². The summed E-state index contributed by atoms with van der Waals surface area (Å²) in [5.74, 6) is 0. The molecular weight excluding hydrogens is 244 g/mol. The standard InChI is InChI=1S/C11H17ClN2OS/c12-11-4-3-10(16-11)9(7-13)14(5-6-15)8-1-2-8/h3-4,8-9,15H,1-2,5-7,13H2. The van der Waals surface area contributed by atoms with Crippen LogP contribution in [0.15, 0.2) is 12.1 Å². The summed E-state index contributed by atoms with van der Waals surface area (Å²) < 4.78 is 0.799. The summed E-state index contributed by atoms with van der Waals surface area (Å²) in [6.45, 7) is 1.46. The van der Waals surface area contributed by atoms with Gasteiger partial charge >= 0.3 is 0 Å². The lowest BCUT2D eigenvalue weighted by atomic mass is 10.2. The van der Waals surface area contributed by atoms with Gasteiger partial charge in [0, 0.05) is 24.0 Å². The molecule has 0 saturated heterocycles. The van der Waals surface area contributed by atoms with Gasteiger partial charge in [0.2, 0.25) is 0 Å². The SMILES string of the molecule is NCC(c1ccc(Cl)s1)N(CCO)C1CC1. The van der Waals surface area contributed by atoms with Crippen LogP contribution in [0, 0.1) is 0 Å². The minimum atomic E-state index is 0.187. The molecular formula is C11H17ClN2OS. The fraction of sp³-hybridized carbons (Fsp3) is 0.636. The molecule has 0 aromatic carbocycles. The van der Waals surface area contributed by atoms with E-state index in [4.69, 9.17) is 22.4 Å². The summed E-state index contributed by atoms with van der Waals surface area (Å²) >= 11 is 7.53. The van der Waals surface area contributed by atoms with E-state index in [0.717, 1.165) is 4.34 Å². The molecule has 1 heterocycles. The van der Waals surface area contributed by atoms with Gasteiger partial charge in [-0.15, -0.1) is 11.3 Å². The zero-order chi connectivity index (χ0) is 11.5. The third kappa shape index (κ3) is 2.76. The number of aliphatic hydroxyl groups excluding tert-OH is 1. The molecule has 1 aromatic rings. The third-order valence-corrected chi connectivity index (χ3v) is 4.25. The molecule has 90 valence electrons. The molecule has 1 saturated carbocycles. The highest BCUT2D eigenvalue weighted by molar-refractivity contribution is 7.16. The van der Waals surface area contributed by atoms with Crippen LogP contribution in [-0.4, -0.2) is 35.7 Å². The zero-order valence-electron chi connectivity index (χ0n) is 9.10. The van der Waals surface area contributed by atoms with Crippen molar-refractivity contribution < 1.29 is 5.11 Å². The molecule has 2 rings (SSSR count).